The number of para-hydroxylation sites is 1. The minimum Gasteiger partial charge on any atom is -0.477 e. The Hall–Kier alpha value is -1.56. The summed E-state index contributed by atoms with van der Waals surface area (Å²) in [7, 11) is 0. The Kier molecular flexibility index (Phi) is 4.72. The second-order valence-corrected chi connectivity index (χ2v) is 5.70. The van der Waals surface area contributed by atoms with Crippen molar-refractivity contribution in [3.8, 4) is 0 Å². The minimum atomic E-state index is -1.28. The van der Waals surface area contributed by atoms with Crippen LogP contribution in [-0.2, 0) is 0 Å². The van der Waals surface area contributed by atoms with Crippen LogP contribution in [0.3, 0.4) is 0 Å². The van der Waals surface area contributed by atoms with Crippen LogP contribution >= 0.6 is 11.8 Å². The molecule has 1 N–H and O–H groups in total. The molecular formula is C12H15NO4S. The van der Waals surface area contributed by atoms with Crippen molar-refractivity contribution in [2.24, 2.45) is 5.92 Å². The molecule has 1 rings (SSSR count). The Morgan fingerprint density at radius 2 is 2.00 bits per heavy atom. The number of thioether (sulfide) groups is 1. The van der Waals surface area contributed by atoms with Crippen LogP contribution < -0.4 is 0 Å². The summed E-state index contributed by atoms with van der Waals surface area (Å²) in [5.41, 5.74) is -0.580. The van der Waals surface area contributed by atoms with Gasteiger partial charge in [0.2, 0.25) is 0 Å². The van der Waals surface area contributed by atoms with Crippen LogP contribution in [-0.4, -0.2) is 21.2 Å². The average molecular weight is 269 g/mol. The lowest BCUT2D eigenvalue weighted by Crippen LogP contribution is -2.08. The highest BCUT2D eigenvalue weighted by molar-refractivity contribution is 8.00. The van der Waals surface area contributed by atoms with Gasteiger partial charge in [0.25, 0.3) is 5.69 Å². The standard InChI is InChI=1S/C12H15NO4S/c1-7(2)8(3)18-10-6-4-5-9(12(14)15)11(10)13(16)17/h4-8H,1-3H3,(H,14,15). The molecule has 0 aliphatic carbocycles. The van der Waals surface area contributed by atoms with Gasteiger partial charge in [-0.3, -0.25) is 10.1 Å². The minimum absolute atomic E-state index is 0.174. The van der Waals surface area contributed by atoms with Gasteiger partial charge in [0.15, 0.2) is 0 Å². The number of carbonyl (C=O) groups is 1. The van der Waals surface area contributed by atoms with E-state index in [9.17, 15) is 14.9 Å². The van der Waals surface area contributed by atoms with Gasteiger partial charge in [-0.1, -0.05) is 26.8 Å². The first-order chi connectivity index (χ1) is 8.34. The van der Waals surface area contributed by atoms with Crippen molar-refractivity contribution in [3.63, 3.8) is 0 Å². The fourth-order valence-corrected chi connectivity index (χ4v) is 2.44. The number of nitrogens with zero attached hydrogens (tertiary/aromatic N) is 1. The van der Waals surface area contributed by atoms with E-state index in [0.717, 1.165) is 0 Å². The summed E-state index contributed by atoms with van der Waals surface area (Å²) in [6, 6.07) is 4.38. The van der Waals surface area contributed by atoms with E-state index in [1.54, 1.807) is 6.07 Å². The lowest BCUT2D eigenvalue weighted by atomic mass is 10.1. The predicted octanol–water partition coefficient (Wildman–Crippen LogP) is 3.43. The van der Waals surface area contributed by atoms with Gasteiger partial charge in [0.05, 0.1) is 9.82 Å². The lowest BCUT2D eigenvalue weighted by Gasteiger charge is -2.15. The van der Waals surface area contributed by atoms with Gasteiger partial charge in [-0.05, 0) is 18.1 Å². The first kappa shape index (κ1) is 14.5. The zero-order valence-corrected chi connectivity index (χ0v) is 11.2. The third-order valence-corrected chi connectivity index (χ3v) is 4.16. The molecule has 0 spiro atoms. The maximum atomic E-state index is 11.0. The summed E-state index contributed by atoms with van der Waals surface area (Å²) < 4.78 is 0. The van der Waals surface area contributed by atoms with Crippen molar-refractivity contribution < 1.29 is 14.8 Å². The number of carboxylic acids is 1. The second-order valence-electron chi connectivity index (χ2n) is 4.28. The molecule has 0 saturated carbocycles. The topological polar surface area (TPSA) is 80.4 Å². The summed E-state index contributed by atoms with van der Waals surface area (Å²) in [6.07, 6.45) is 0. The second kappa shape index (κ2) is 5.86. The summed E-state index contributed by atoms with van der Waals surface area (Å²) in [6.45, 7) is 6.00. The number of aromatic carboxylic acids is 1. The van der Waals surface area contributed by atoms with Gasteiger partial charge >= 0.3 is 5.97 Å². The van der Waals surface area contributed by atoms with E-state index in [1.165, 1.54) is 23.9 Å². The maximum Gasteiger partial charge on any atom is 0.342 e. The van der Waals surface area contributed by atoms with Crippen molar-refractivity contribution in [1.82, 2.24) is 0 Å². The van der Waals surface area contributed by atoms with Gasteiger partial charge in [-0.2, -0.15) is 0 Å². The molecule has 0 fully saturated rings. The lowest BCUT2D eigenvalue weighted by molar-refractivity contribution is -0.388. The SMILES string of the molecule is CC(C)C(C)Sc1cccc(C(=O)O)c1[N+](=O)[O-]. The van der Waals surface area contributed by atoms with Crippen LogP contribution in [0.5, 0.6) is 0 Å². The highest BCUT2D eigenvalue weighted by atomic mass is 32.2. The summed E-state index contributed by atoms with van der Waals surface area (Å²) >= 11 is 1.33. The molecule has 18 heavy (non-hydrogen) atoms. The number of nitro benzene ring substituents is 1. The largest absolute Gasteiger partial charge is 0.477 e. The fraction of sp³-hybridized carbons (Fsp3) is 0.417. The van der Waals surface area contributed by atoms with E-state index in [2.05, 4.69) is 0 Å². The Morgan fingerprint density at radius 1 is 1.39 bits per heavy atom. The number of rotatable bonds is 5. The average Bonchev–Trinajstić information content (AvgIpc) is 2.27. The van der Waals surface area contributed by atoms with Crippen molar-refractivity contribution >= 4 is 23.4 Å². The molecule has 0 aromatic heterocycles. The summed E-state index contributed by atoms with van der Waals surface area (Å²) in [5, 5.41) is 20.2. The smallest absolute Gasteiger partial charge is 0.342 e. The van der Waals surface area contributed by atoms with Gasteiger partial charge in [-0.15, -0.1) is 11.8 Å². The molecule has 0 saturated heterocycles. The number of nitro groups is 1. The molecule has 1 aromatic carbocycles. The van der Waals surface area contributed by atoms with E-state index < -0.39 is 10.9 Å². The van der Waals surface area contributed by atoms with E-state index in [0.29, 0.717) is 10.8 Å². The van der Waals surface area contributed by atoms with Crippen LogP contribution in [0.2, 0.25) is 0 Å². The summed E-state index contributed by atoms with van der Waals surface area (Å²) in [5.74, 6) is -0.926. The van der Waals surface area contributed by atoms with Crippen molar-refractivity contribution in [2.75, 3.05) is 0 Å². The zero-order valence-electron chi connectivity index (χ0n) is 10.4. The fourth-order valence-electron chi connectivity index (χ4n) is 1.31. The molecule has 0 heterocycles. The number of benzene rings is 1. The highest BCUT2D eigenvalue weighted by Gasteiger charge is 2.25. The van der Waals surface area contributed by atoms with E-state index in [4.69, 9.17) is 5.11 Å². The number of carboxylic acid groups (broad SMARTS) is 1. The predicted molar refractivity (Wildman–Crippen MR) is 70.2 cm³/mol. The molecule has 0 aliphatic heterocycles. The molecule has 98 valence electrons. The Bertz CT molecular complexity index is 473. The van der Waals surface area contributed by atoms with Gasteiger partial charge in [0, 0.05) is 5.25 Å². The van der Waals surface area contributed by atoms with Crippen LogP contribution in [0.15, 0.2) is 23.1 Å². The molecule has 1 aromatic rings. The third-order valence-electron chi connectivity index (χ3n) is 2.66. The molecule has 5 nitrogen and oxygen atoms in total. The molecule has 6 heteroatoms. The number of hydrogen-bond donors (Lipinski definition) is 1. The van der Waals surface area contributed by atoms with Crippen LogP contribution in [0, 0.1) is 16.0 Å². The van der Waals surface area contributed by atoms with Crippen LogP contribution in [0.4, 0.5) is 5.69 Å². The van der Waals surface area contributed by atoms with Crippen molar-refractivity contribution in [1.29, 1.82) is 0 Å². The zero-order chi connectivity index (χ0) is 13.9. The molecule has 1 unspecified atom stereocenters. The normalized spacial score (nSPS) is 12.4. The molecule has 1 atom stereocenters. The Balaban J connectivity index is 3.23. The van der Waals surface area contributed by atoms with Crippen LogP contribution in [0.1, 0.15) is 31.1 Å². The Labute approximate surface area is 109 Å². The monoisotopic (exact) mass is 269 g/mol. The first-order valence-electron chi connectivity index (χ1n) is 5.52. The van der Waals surface area contributed by atoms with E-state index >= 15 is 0 Å². The molecular weight excluding hydrogens is 254 g/mol. The quantitative estimate of drug-likeness (QED) is 0.503. The van der Waals surface area contributed by atoms with Crippen molar-refractivity contribution in [2.45, 2.75) is 30.9 Å². The third kappa shape index (κ3) is 3.22. The highest BCUT2D eigenvalue weighted by Crippen LogP contribution is 2.36. The Morgan fingerprint density at radius 3 is 2.44 bits per heavy atom. The van der Waals surface area contributed by atoms with Gasteiger partial charge in [0.1, 0.15) is 5.56 Å². The van der Waals surface area contributed by atoms with E-state index in [-0.39, 0.29) is 16.5 Å². The number of hydrogen-bond acceptors (Lipinski definition) is 4. The van der Waals surface area contributed by atoms with Crippen LogP contribution in [0.25, 0.3) is 0 Å². The first-order valence-corrected chi connectivity index (χ1v) is 6.40. The van der Waals surface area contributed by atoms with Crippen molar-refractivity contribution in [3.05, 3.63) is 33.9 Å². The van der Waals surface area contributed by atoms with Gasteiger partial charge in [-0.25, -0.2) is 4.79 Å². The molecule has 0 radical (unpaired) electrons. The van der Waals surface area contributed by atoms with E-state index in [1.807, 2.05) is 20.8 Å². The molecule has 0 bridgehead atoms. The molecule has 0 amide bonds. The summed E-state index contributed by atoms with van der Waals surface area (Å²) in [4.78, 5) is 21.8. The molecule has 0 aliphatic rings. The maximum absolute atomic E-state index is 11.0. The van der Waals surface area contributed by atoms with Gasteiger partial charge < -0.3 is 5.11 Å².